The predicted octanol–water partition coefficient (Wildman–Crippen LogP) is 4.27. The number of thiocarbonyl (C=S) groups is 1. The molecule has 2 aromatic rings. The van der Waals surface area contributed by atoms with Gasteiger partial charge in [-0.05, 0) is 54.5 Å². The first-order valence-corrected chi connectivity index (χ1v) is 6.88. The molecule has 2 aromatic carbocycles. The molecule has 0 atom stereocenters. The van der Waals surface area contributed by atoms with Crippen LogP contribution in [0.2, 0.25) is 5.02 Å². The Morgan fingerprint density at radius 3 is 2.55 bits per heavy atom. The van der Waals surface area contributed by atoms with Crippen molar-refractivity contribution in [1.82, 2.24) is 5.32 Å². The molecule has 0 bridgehead atoms. The van der Waals surface area contributed by atoms with Crippen LogP contribution in [-0.4, -0.2) is 5.11 Å². The molecular formula is C15H14ClFN2S. The molecule has 0 aliphatic rings. The topological polar surface area (TPSA) is 24.1 Å². The summed E-state index contributed by atoms with van der Waals surface area (Å²) in [6.45, 7) is 2.48. The molecule has 20 heavy (non-hydrogen) atoms. The summed E-state index contributed by atoms with van der Waals surface area (Å²) in [5.74, 6) is -0.247. The van der Waals surface area contributed by atoms with E-state index in [0.717, 1.165) is 16.8 Å². The largest absolute Gasteiger partial charge is 0.358 e. The van der Waals surface area contributed by atoms with Crippen LogP contribution >= 0.6 is 23.8 Å². The van der Waals surface area contributed by atoms with E-state index >= 15 is 0 Å². The minimum atomic E-state index is -0.247. The highest BCUT2D eigenvalue weighted by molar-refractivity contribution is 7.80. The Balaban J connectivity index is 1.89. The van der Waals surface area contributed by atoms with Crippen molar-refractivity contribution in [2.24, 2.45) is 0 Å². The van der Waals surface area contributed by atoms with Crippen molar-refractivity contribution in [1.29, 1.82) is 0 Å². The van der Waals surface area contributed by atoms with E-state index in [0.29, 0.717) is 16.7 Å². The van der Waals surface area contributed by atoms with Crippen LogP contribution in [0.1, 0.15) is 11.1 Å². The van der Waals surface area contributed by atoms with Crippen LogP contribution in [0.25, 0.3) is 0 Å². The van der Waals surface area contributed by atoms with Crippen LogP contribution in [-0.2, 0) is 6.54 Å². The van der Waals surface area contributed by atoms with E-state index in [4.69, 9.17) is 23.8 Å². The Hall–Kier alpha value is -1.65. The third kappa shape index (κ3) is 4.18. The number of benzene rings is 2. The third-order valence-electron chi connectivity index (χ3n) is 2.80. The van der Waals surface area contributed by atoms with E-state index in [-0.39, 0.29) is 5.82 Å². The van der Waals surface area contributed by atoms with E-state index in [1.807, 2.05) is 25.1 Å². The average molecular weight is 309 g/mol. The maximum Gasteiger partial charge on any atom is 0.171 e. The van der Waals surface area contributed by atoms with Gasteiger partial charge in [0.2, 0.25) is 0 Å². The van der Waals surface area contributed by atoms with Gasteiger partial charge in [0.25, 0.3) is 0 Å². The Labute approximate surface area is 128 Å². The number of anilines is 1. The Kier molecular flexibility index (Phi) is 4.93. The smallest absolute Gasteiger partial charge is 0.171 e. The molecule has 0 radical (unpaired) electrons. The van der Waals surface area contributed by atoms with Crippen LogP contribution in [0.3, 0.4) is 0 Å². The van der Waals surface area contributed by atoms with Crippen LogP contribution in [0.15, 0.2) is 42.5 Å². The lowest BCUT2D eigenvalue weighted by atomic mass is 10.2. The highest BCUT2D eigenvalue weighted by Crippen LogP contribution is 2.19. The molecule has 2 N–H and O–H groups in total. The molecule has 0 heterocycles. The highest BCUT2D eigenvalue weighted by atomic mass is 35.5. The first-order chi connectivity index (χ1) is 9.54. The van der Waals surface area contributed by atoms with Crippen LogP contribution in [0.5, 0.6) is 0 Å². The minimum absolute atomic E-state index is 0.247. The third-order valence-corrected chi connectivity index (χ3v) is 3.45. The maximum absolute atomic E-state index is 12.8. The van der Waals surface area contributed by atoms with Gasteiger partial charge in [-0.15, -0.1) is 0 Å². The van der Waals surface area contributed by atoms with Crippen molar-refractivity contribution in [3.63, 3.8) is 0 Å². The van der Waals surface area contributed by atoms with E-state index < -0.39 is 0 Å². The van der Waals surface area contributed by atoms with Crippen molar-refractivity contribution in [3.05, 3.63) is 64.4 Å². The number of hydrogen-bond donors (Lipinski definition) is 2. The predicted molar refractivity (Wildman–Crippen MR) is 85.6 cm³/mol. The molecular weight excluding hydrogens is 295 g/mol. The Morgan fingerprint density at radius 2 is 1.90 bits per heavy atom. The molecule has 0 unspecified atom stereocenters. The Morgan fingerprint density at radius 1 is 1.20 bits per heavy atom. The lowest BCUT2D eigenvalue weighted by Gasteiger charge is -2.11. The first-order valence-electron chi connectivity index (χ1n) is 6.10. The van der Waals surface area contributed by atoms with Crippen molar-refractivity contribution in [2.75, 3.05) is 5.32 Å². The number of halogens is 2. The fourth-order valence-corrected chi connectivity index (χ4v) is 2.00. The molecule has 2 rings (SSSR count). The van der Waals surface area contributed by atoms with Crippen molar-refractivity contribution >= 4 is 34.6 Å². The zero-order valence-corrected chi connectivity index (χ0v) is 12.5. The average Bonchev–Trinajstić information content (AvgIpc) is 2.42. The van der Waals surface area contributed by atoms with Gasteiger partial charge in [-0.3, -0.25) is 0 Å². The summed E-state index contributed by atoms with van der Waals surface area (Å²) in [6.07, 6.45) is 0. The lowest BCUT2D eigenvalue weighted by Crippen LogP contribution is -2.27. The molecule has 0 fully saturated rings. The SMILES string of the molecule is Cc1ccc(NC(=S)NCc2ccc(F)cc2)cc1Cl. The zero-order valence-electron chi connectivity index (χ0n) is 10.9. The standard InChI is InChI=1S/C15H14ClFN2S/c1-10-2-7-13(8-14(10)16)19-15(20)18-9-11-3-5-12(17)6-4-11/h2-8H,9H2,1H3,(H2,18,19,20). The van der Waals surface area contributed by atoms with Gasteiger partial charge in [0.1, 0.15) is 5.82 Å². The minimum Gasteiger partial charge on any atom is -0.358 e. The van der Waals surface area contributed by atoms with Crippen LogP contribution in [0.4, 0.5) is 10.1 Å². The lowest BCUT2D eigenvalue weighted by molar-refractivity contribution is 0.627. The summed E-state index contributed by atoms with van der Waals surface area (Å²) in [4.78, 5) is 0. The molecule has 104 valence electrons. The summed E-state index contributed by atoms with van der Waals surface area (Å²) in [7, 11) is 0. The molecule has 2 nitrogen and oxygen atoms in total. The molecule has 0 saturated heterocycles. The maximum atomic E-state index is 12.8. The van der Waals surface area contributed by atoms with Crippen molar-refractivity contribution in [2.45, 2.75) is 13.5 Å². The summed E-state index contributed by atoms with van der Waals surface area (Å²) >= 11 is 11.2. The number of hydrogen-bond acceptors (Lipinski definition) is 1. The molecule has 0 aliphatic carbocycles. The summed E-state index contributed by atoms with van der Waals surface area (Å²) in [6, 6.07) is 11.9. The van der Waals surface area contributed by atoms with Gasteiger partial charge >= 0.3 is 0 Å². The zero-order chi connectivity index (χ0) is 14.5. The number of aryl methyl sites for hydroxylation is 1. The second kappa shape index (κ2) is 6.68. The quantitative estimate of drug-likeness (QED) is 0.828. The van der Waals surface area contributed by atoms with Crippen LogP contribution in [0, 0.1) is 12.7 Å². The number of rotatable bonds is 3. The van der Waals surface area contributed by atoms with Gasteiger partial charge in [-0.1, -0.05) is 29.8 Å². The fraction of sp³-hybridized carbons (Fsp3) is 0.133. The molecule has 5 heteroatoms. The summed E-state index contributed by atoms with van der Waals surface area (Å²) < 4.78 is 12.8. The Bertz CT molecular complexity index is 614. The molecule has 0 saturated carbocycles. The van der Waals surface area contributed by atoms with E-state index in [1.54, 1.807) is 12.1 Å². The van der Waals surface area contributed by atoms with Crippen LogP contribution < -0.4 is 10.6 Å². The van der Waals surface area contributed by atoms with Gasteiger partial charge < -0.3 is 10.6 Å². The second-order valence-electron chi connectivity index (χ2n) is 4.40. The van der Waals surface area contributed by atoms with Crippen molar-refractivity contribution < 1.29 is 4.39 Å². The van der Waals surface area contributed by atoms with Gasteiger partial charge in [0.05, 0.1) is 0 Å². The second-order valence-corrected chi connectivity index (χ2v) is 5.21. The number of nitrogens with one attached hydrogen (secondary N) is 2. The monoisotopic (exact) mass is 308 g/mol. The van der Waals surface area contributed by atoms with E-state index in [1.165, 1.54) is 12.1 Å². The summed E-state index contributed by atoms with van der Waals surface area (Å²) in [5.41, 5.74) is 2.80. The van der Waals surface area contributed by atoms with Crippen molar-refractivity contribution in [3.8, 4) is 0 Å². The first kappa shape index (κ1) is 14.8. The molecule has 0 aromatic heterocycles. The molecule has 0 aliphatic heterocycles. The normalized spacial score (nSPS) is 10.2. The molecule has 0 spiro atoms. The van der Waals surface area contributed by atoms with Gasteiger partial charge in [-0.25, -0.2) is 4.39 Å². The van der Waals surface area contributed by atoms with Gasteiger partial charge in [-0.2, -0.15) is 0 Å². The summed E-state index contributed by atoms with van der Waals surface area (Å²) in [5, 5.41) is 7.29. The fourth-order valence-electron chi connectivity index (χ4n) is 1.63. The van der Waals surface area contributed by atoms with E-state index in [9.17, 15) is 4.39 Å². The highest BCUT2D eigenvalue weighted by Gasteiger charge is 2.01. The van der Waals surface area contributed by atoms with Gasteiger partial charge in [0.15, 0.2) is 5.11 Å². The van der Waals surface area contributed by atoms with E-state index in [2.05, 4.69) is 10.6 Å². The molecule has 0 amide bonds. The van der Waals surface area contributed by atoms with Gasteiger partial charge in [0, 0.05) is 17.3 Å².